The Morgan fingerprint density at radius 2 is 1.06 bits per heavy atom. The summed E-state index contributed by atoms with van der Waals surface area (Å²) in [6, 6.07) is 0. The van der Waals surface area contributed by atoms with Crippen molar-refractivity contribution in [3.05, 3.63) is 30.8 Å². The van der Waals surface area contributed by atoms with E-state index in [2.05, 4.69) is 83.7 Å². The molecule has 0 fully saturated rings. The van der Waals surface area contributed by atoms with Crippen LogP contribution in [0.2, 0.25) is 0 Å². The van der Waals surface area contributed by atoms with E-state index in [9.17, 15) is 0 Å². The second kappa shape index (κ2) is 7.31. The first-order chi connectivity index (χ1) is 8.40. The maximum Gasteiger partial charge on any atom is 0.156 e. The largest absolute Gasteiger partial charge is 0.381 e. The van der Waals surface area contributed by atoms with Gasteiger partial charge in [-0.15, -0.1) is 0 Å². The van der Waals surface area contributed by atoms with E-state index in [1.165, 1.54) is 0 Å². The summed E-state index contributed by atoms with van der Waals surface area (Å²) in [7, 11) is 0. The van der Waals surface area contributed by atoms with E-state index in [1.54, 1.807) is 12.4 Å². The number of hydrogen-bond acceptors (Lipinski definition) is 6. The third kappa shape index (κ3) is 5.12. The monoisotopic (exact) mass is 502 g/mol. The zero-order valence-electron chi connectivity index (χ0n) is 8.61. The SMILES string of the molecule is Nc1ncc(Br)nc1Br.Nc1ncc(Br)nc1Br. The highest BCUT2D eigenvalue weighted by molar-refractivity contribution is 9.11. The maximum atomic E-state index is 5.35. The molecule has 0 aliphatic rings. The van der Waals surface area contributed by atoms with Crippen LogP contribution in [-0.2, 0) is 0 Å². The van der Waals surface area contributed by atoms with Gasteiger partial charge >= 0.3 is 0 Å². The van der Waals surface area contributed by atoms with E-state index in [4.69, 9.17) is 11.5 Å². The molecule has 0 aromatic carbocycles. The zero-order chi connectivity index (χ0) is 13.7. The Bertz CT molecular complexity index is 500. The summed E-state index contributed by atoms with van der Waals surface area (Å²) >= 11 is 12.5. The van der Waals surface area contributed by atoms with Gasteiger partial charge in [-0.05, 0) is 63.7 Å². The average Bonchev–Trinajstić information content (AvgIpc) is 2.30. The Kier molecular flexibility index (Phi) is 6.39. The highest BCUT2D eigenvalue weighted by Gasteiger charge is 1.97. The molecule has 0 saturated carbocycles. The van der Waals surface area contributed by atoms with Crippen LogP contribution in [0, 0.1) is 0 Å². The standard InChI is InChI=1S/2C4H3Br2N3/c2*5-2-1-8-4(7)3(6)9-2/h2*1H,(H2,7,8). The molecule has 2 rings (SSSR count). The van der Waals surface area contributed by atoms with Crippen LogP contribution in [0.25, 0.3) is 0 Å². The summed E-state index contributed by atoms with van der Waals surface area (Å²) in [4.78, 5) is 15.4. The van der Waals surface area contributed by atoms with Crippen molar-refractivity contribution in [1.82, 2.24) is 19.9 Å². The van der Waals surface area contributed by atoms with Gasteiger partial charge in [0.25, 0.3) is 0 Å². The molecule has 0 spiro atoms. The molecule has 4 N–H and O–H groups in total. The van der Waals surface area contributed by atoms with Gasteiger partial charge in [-0.2, -0.15) is 0 Å². The van der Waals surface area contributed by atoms with E-state index < -0.39 is 0 Å². The van der Waals surface area contributed by atoms with E-state index >= 15 is 0 Å². The van der Waals surface area contributed by atoms with Crippen LogP contribution in [-0.4, -0.2) is 19.9 Å². The number of hydrogen-bond donors (Lipinski definition) is 2. The molecule has 0 bridgehead atoms. The minimum absolute atomic E-state index is 0.401. The lowest BCUT2D eigenvalue weighted by Gasteiger charge is -1.93. The Hall–Kier alpha value is -0.320. The number of rotatable bonds is 0. The lowest BCUT2D eigenvalue weighted by Crippen LogP contribution is -1.92. The highest BCUT2D eigenvalue weighted by Crippen LogP contribution is 2.16. The molecule has 0 amide bonds. The van der Waals surface area contributed by atoms with Crippen molar-refractivity contribution in [2.45, 2.75) is 0 Å². The minimum Gasteiger partial charge on any atom is -0.381 e. The summed E-state index contributed by atoms with van der Waals surface area (Å²) < 4.78 is 2.47. The Morgan fingerprint density at radius 3 is 1.28 bits per heavy atom. The number of aromatic nitrogens is 4. The number of nitrogens with zero attached hydrogens (tertiary/aromatic N) is 4. The molecule has 96 valence electrons. The van der Waals surface area contributed by atoms with Crippen molar-refractivity contribution in [2.24, 2.45) is 0 Å². The van der Waals surface area contributed by atoms with Crippen molar-refractivity contribution in [2.75, 3.05) is 11.5 Å². The molecular weight excluding hydrogens is 500 g/mol. The zero-order valence-corrected chi connectivity index (χ0v) is 15.0. The van der Waals surface area contributed by atoms with Crippen LogP contribution in [0.15, 0.2) is 30.8 Å². The predicted octanol–water partition coefficient (Wildman–Crippen LogP) is 3.17. The van der Waals surface area contributed by atoms with Crippen molar-refractivity contribution < 1.29 is 0 Å². The molecule has 0 radical (unpaired) electrons. The van der Waals surface area contributed by atoms with Crippen LogP contribution in [0.3, 0.4) is 0 Å². The summed E-state index contributed by atoms with van der Waals surface area (Å²) in [5, 5.41) is 0. The topological polar surface area (TPSA) is 104 Å². The molecule has 0 atom stereocenters. The number of nitrogens with two attached hydrogens (primary N) is 2. The molecule has 0 unspecified atom stereocenters. The van der Waals surface area contributed by atoms with Gasteiger partial charge in [0.1, 0.15) is 18.4 Å². The molecule has 2 aromatic heterocycles. The van der Waals surface area contributed by atoms with Gasteiger partial charge in [0, 0.05) is 0 Å². The number of nitrogen functional groups attached to an aromatic ring is 2. The van der Waals surface area contributed by atoms with Crippen molar-refractivity contribution in [3.63, 3.8) is 0 Å². The minimum atomic E-state index is 0.401. The molecule has 0 aliphatic carbocycles. The van der Waals surface area contributed by atoms with Crippen LogP contribution in [0.4, 0.5) is 11.6 Å². The smallest absolute Gasteiger partial charge is 0.156 e. The molecular formula is C8H6Br4N6. The third-order valence-electron chi connectivity index (χ3n) is 1.45. The summed E-state index contributed by atoms with van der Waals surface area (Å²) in [5.74, 6) is 0.802. The van der Waals surface area contributed by atoms with Gasteiger partial charge in [-0.3, -0.25) is 0 Å². The van der Waals surface area contributed by atoms with Crippen molar-refractivity contribution >= 4 is 75.4 Å². The van der Waals surface area contributed by atoms with Gasteiger partial charge in [0.15, 0.2) is 11.6 Å². The lowest BCUT2D eigenvalue weighted by atomic mass is 10.7. The van der Waals surface area contributed by atoms with E-state index in [-0.39, 0.29) is 0 Å². The molecule has 6 nitrogen and oxygen atoms in total. The summed E-state index contributed by atoms with van der Waals surface area (Å²) in [5.41, 5.74) is 10.7. The van der Waals surface area contributed by atoms with E-state index in [0.717, 1.165) is 0 Å². The second-order valence-electron chi connectivity index (χ2n) is 2.74. The molecule has 18 heavy (non-hydrogen) atoms. The lowest BCUT2D eigenvalue weighted by molar-refractivity contribution is 1.14. The predicted molar refractivity (Wildman–Crippen MR) is 83.7 cm³/mol. The average molecular weight is 506 g/mol. The first kappa shape index (κ1) is 15.7. The quantitative estimate of drug-likeness (QED) is 0.570. The van der Waals surface area contributed by atoms with Gasteiger partial charge in [0.05, 0.1) is 12.4 Å². The Labute approximate surface area is 137 Å². The van der Waals surface area contributed by atoms with Crippen LogP contribution >= 0.6 is 63.7 Å². The van der Waals surface area contributed by atoms with Gasteiger partial charge in [-0.25, -0.2) is 19.9 Å². The van der Waals surface area contributed by atoms with Crippen molar-refractivity contribution in [3.8, 4) is 0 Å². The first-order valence-electron chi connectivity index (χ1n) is 4.27. The summed E-state index contributed by atoms with van der Waals surface area (Å²) in [6.45, 7) is 0. The second-order valence-corrected chi connectivity index (χ2v) is 5.86. The molecule has 0 saturated heterocycles. The Balaban J connectivity index is 0.000000180. The fourth-order valence-electron chi connectivity index (χ4n) is 0.712. The molecule has 2 heterocycles. The molecule has 2 aromatic rings. The number of halogens is 4. The van der Waals surface area contributed by atoms with Crippen LogP contribution in [0.1, 0.15) is 0 Å². The van der Waals surface area contributed by atoms with E-state index in [0.29, 0.717) is 30.0 Å². The Morgan fingerprint density at radius 1 is 0.722 bits per heavy atom. The van der Waals surface area contributed by atoms with Crippen molar-refractivity contribution in [1.29, 1.82) is 0 Å². The number of anilines is 2. The maximum absolute atomic E-state index is 5.35. The fraction of sp³-hybridized carbons (Fsp3) is 0. The van der Waals surface area contributed by atoms with Crippen LogP contribution in [0.5, 0.6) is 0 Å². The van der Waals surface area contributed by atoms with Crippen LogP contribution < -0.4 is 11.5 Å². The van der Waals surface area contributed by atoms with Gasteiger partial charge in [0.2, 0.25) is 0 Å². The summed E-state index contributed by atoms with van der Waals surface area (Å²) in [6.07, 6.45) is 3.08. The van der Waals surface area contributed by atoms with Gasteiger partial charge < -0.3 is 11.5 Å². The fourth-order valence-corrected chi connectivity index (χ4v) is 2.33. The molecule has 0 aliphatic heterocycles. The van der Waals surface area contributed by atoms with Gasteiger partial charge in [-0.1, -0.05) is 0 Å². The normalized spacial score (nSPS) is 9.56. The highest BCUT2D eigenvalue weighted by atomic mass is 79.9. The first-order valence-corrected chi connectivity index (χ1v) is 7.44. The van der Waals surface area contributed by atoms with E-state index in [1.807, 2.05) is 0 Å². The molecule has 10 heteroatoms. The third-order valence-corrected chi connectivity index (χ3v) is 3.38.